The van der Waals surface area contributed by atoms with Gasteiger partial charge in [0.25, 0.3) is 5.69 Å². The van der Waals surface area contributed by atoms with Crippen LogP contribution in [-0.2, 0) is 0 Å². The van der Waals surface area contributed by atoms with Gasteiger partial charge in [0, 0.05) is 12.6 Å². The SMILES string of the molecule is O=[N+]([O-])c1cc2c(cc1NCC1CC1)OCO2. The van der Waals surface area contributed by atoms with Crippen molar-refractivity contribution in [3.8, 4) is 11.5 Å². The monoisotopic (exact) mass is 236 g/mol. The molecule has 6 heteroatoms. The molecule has 17 heavy (non-hydrogen) atoms. The van der Waals surface area contributed by atoms with E-state index in [2.05, 4.69) is 5.32 Å². The van der Waals surface area contributed by atoms with Crippen molar-refractivity contribution in [2.24, 2.45) is 5.92 Å². The van der Waals surface area contributed by atoms with E-state index < -0.39 is 4.92 Å². The molecule has 0 aromatic heterocycles. The Morgan fingerprint density at radius 2 is 2.06 bits per heavy atom. The zero-order valence-electron chi connectivity index (χ0n) is 9.14. The lowest BCUT2D eigenvalue weighted by Crippen LogP contribution is -2.05. The first-order valence-electron chi connectivity index (χ1n) is 5.56. The zero-order chi connectivity index (χ0) is 11.8. The van der Waals surface area contributed by atoms with E-state index in [0.717, 1.165) is 6.54 Å². The predicted octanol–water partition coefficient (Wildman–Crippen LogP) is 2.15. The predicted molar refractivity (Wildman–Crippen MR) is 60.4 cm³/mol. The number of nitrogens with one attached hydrogen (secondary N) is 1. The van der Waals surface area contributed by atoms with Gasteiger partial charge in [0.15, 0.2) is 11.5 Å². The number of nitro groups is 1. The van der Waals surface area contributed by atoms with Crippen LogP contribution in [0.5, 0.6) is 11.5 Å². The third-order valence-corrected chi connectivity index (χ3v) is 2.97. The van der Waals surface area contributed by atoms with Crippen LogP contribution in [0.1, 0.15) is 12.8 Å². The van der Waals surface area contributed by atoms with Crippen LogP contribution in [0.2, 0.25) is 0 Å². The molecule has 3 rings (SSSR count). The first kappa shape index (κ1) is 10.2. The van der Waals surface area contributed by atoms with Gasteiger partial charge in [-0.15, -0.1) is 0 Å². The maximum Gasteiger partial charge on any atom is 0.296 e. The number of hydrogen-bond donors (Lipinski definition) is 1. The van der Waals surface area contributed by atoms with E-state index in [1.54, 1.807) is 6.07 Å². The van der Waals surface area contributed by atoms with Gasteiger partial charge in [-0.3, -0.25) is 10.1 Å². The molecule has 6 nitrogen and oxygen atoms in total. The average Bonchev–Trinajstić information content (AvgIpc) is 3.02. The molecule has 1 N–H and O–H groups in total. The topological polar surface area (TPSA) is 73.6 Å². The van der Waals surface area contributed by atoms with Gasteiger partial charge in [-0.2, -0.15) is 0 Å². The molecule has 1 aromatic rings. The van der Waals surface area contributed by atoms with Crippen LogP contribution in [0.4, 0.5) is 11.4 Å². The van der Waals surface area contributed by atoms with Crippen LogP contribution >= 0.6 is 0 Å². The number of ether oxygens (including phenoxy) is 2. The fraction of sp³-hybridized carbons (Fsp3) is 0.455. The molecule has 1 aliphatic carbocycles. The summed E-state index contributed by atoms with van der Waals surface area (Å²) < 4.78 is 10.3. The lowest BCUT2D eigenvalue weighted by atomic mass is 10.2. The zero-order valence-corrected chi connectivity index (χ0v) is 9.14. The molecule has 1 aliphatic heterocycles. The van der Waals surface area contributed by atoms with Crippen molar-refractivity contribution >= 4 is 11.4 Å². The first-order valence-corrected chi connectivity index (χ1v) is 5.56. The Balaban J connectivity index is 1.89. The molecule has 0 saturated heterocycles. The highest BCUT2D eigenvalue weighted by atomic mass is 16.7. The van der Waals surface area contributed by atoms with Crippen LogP contribution in [0, 0.1) is 16.0 Å². The third-order valence-electron chi connectivity index (χ3n) is 2.97. The second-order valence-electron chi connectivity index (χ2n) is 4.30. The van der Waals surface area contributed by atoms with E-state index in [9.17, 15) is 10.1 Å². The van der Waals surface area contributed by atoms with Crippen molar-refractivity contribution in [1.82, 2.24) is 0 Å². The summed E-state index contributed by atoms with van der Waals surface area (Å²) in [4.78, 5) is 10.5. The van der Waals surface area contributed by atoms with Crippen LogP contribution in [0.15, 0.2) is 12.1 Å². The van der Waals surface area contributed by atoms with Gasteiger partial charge in [-0.1, -0.05) is 0 Å². The lowest BCUT2D eigenvalue weighted by molar-refractivity contribution is -0.384. The summed E-state index contributed by atoms with van der Waals surface area (Å²) in [6.07, 6.45) is 2.40. The molecule has 0 radical (unpaired) electrons. The van der Waals surface area contributed by atoms with Gasteiger partial charge < -0.3 is 14.8 Å². The summed E-state index contributed by atoms with van der Waals surface area (Å²) in [5.74, 6) is 1.66. The highest BCUT2D eigenvalue weighted by Gasteiger charge is 2.26. The second-order valence-corrected chi connectivity index (χ2v) is 4.30. The lowest BCUT2D eigenvalue weighted by Gasteiger charge is -2.07. The van der Waals surface area contributed by atoms with E-state index >= 15 is 0 Å². The number of fused-ring (bicyclic) bond motifs is 1. The smallest absolute Gasteiger partial charge is 0.296 e. The minimum atomic E-state index is -0.406. The van der Waals surface area contributed by atoms with Crippen LogP contribution in [0.3, 0.4) is 0 Å². The molecule has 1 fully saturated rings. The van der Waals surface area contributed by atoms with Gasteiger partial charge in [0.05, 0.1) is 11.0 Å². The Morgan fingerprint density at radius 1 is 1.35 bits per heavy atom. The highest BCUT2D eigenvalue weighted by molar-refractivity contribution is 5.69. The summed E-state index contributed by atoms with van der Waals surface area (Å²) in [6.45, 7) is 0.902. The standard InChI is InChI=1S/C11H12N2O4/c14-13(15)9-4-11-10(16-6-17-11)3-8(9)12-5-7-1-2-7/h3-4,7,12H,1-2,5-6H2. The minimum absolute atomic E-state index is 0.0369. The summed E-state index contributed by atoms with van der Waals surface area (Å²) in [5.41, 5.74) is 0.543. The van der Waals surface area contributed by atoms with Crippen LogP contribution in [-0.4, -0.2) is 18.3 Å². The number of benzene rings is 1. The summed E-state index contributed by atoms with van der Waals surface area (Å²) >= 11 is 0. The van der Waals surface area contributed by atoms with E-state index in [1.165, 1.54) is 18.9 Å². The van der Waals surface area contributed by atoms with E-state index in [4.69, 9.17) is 9.47 Å². The van der Waals surface area contributed by atoms with Gasteiger partial charge in [0.2, 0.25) is 6.79 Å². The molecule has 0 spiro atoms. The molecular formula is C11H12N2O4. The summed E-state index contributed by atoms with van der Waals surface area (Å²) in [7, 11) is 0. The average molecular weight is 236 g/mol. The second kappa shape index (κ2) is 3.80. The van der Waals surface area contributed by atoms with Crippen molar-refractivity contribution < 1.29 is 14.4 Å². The number of rotatable bonds is 4. The van der Waals surface area contributed by atoms with Crippen molar-refractivity contribution in [2.45, 2.75) is 12.8 Å². The number of nitro benzene ring substituents is 1. The number of nitrogens with zero attached hydrogens (tertiary/aromatic N) is 1. The highest BCUT2D eigenvalue weighted by Crippen LogP contribution is 2.41. The van der Waals surface area contributed by atoms with Crippen LogP contribution < -0.4 is 14.8 Å². The van der Waals surface area contributed by atoms with Crippen molar-refractivity contribution in [2.75, 3.05) is 18.7 Å². The summed E-state index contributed by atoms with van der Waals surface area (Å²) in [5, 5.41) is 14.1. The normalized spacial score (nSPS) is 16.9. The Bertz CT molecular complexity index is 471. The van der Waals surface area contributed by atoms with E-state index in [1.807, 2.05) is 0 Å². The van der Waals surface area contributed by atoms with Crippen molar-refractivity contribution in [1.29, 1.82) is 0 Å². The molecule has 1 saturated carbocycles. The molecule has 1 aromatic carbocycles. The van der Waals surface area contributed by atoms with E-state index in [0.29, 0.717) is 23.1 Å². The molecule has 2 aliphatic rings. The molecule has 0 unspecified atom stereocenters. The van der Waals surface area contributed by atoms with Gasteiger partial charge in [0.1, 0.15) is 5.69 Å². The largest absolute Gasteiger partial charge is 0.454 e. The minimum Gasteiger partial charge on any atom is -0.454 e. The maximum atomic E-state index is 11.0. The quantitative estimate of drug-likeness (QED) is 0.640. The Hall–Kier alpha value is -1.98. The number of hydrogen-bond acceptors (Lipinski definition) is 5. The van der Waals surface area contributed by atoms with Crippen molar-refractivity contribution in [3.05, 3.63) is 22.2 Å². The van der Waals surface area contributed by atoms with E-state index in [-0.39, 0.29) is 12.5 Å². The molecule has 0 bridgehead atoms. The van der Waals surface area contributed by atoms with Crippen LogP contribution in [0.25, 0.3) is 0 Å². The van der Waals surface area contributed by atoms with Gasteiger partial charge >= 0.3 is 0 Å². The Morgan fingerprint density at radius 3 is 2.71 bits per heavy atom. The first-order chi connectivity index (χ1) is 8.24. The molecular weight excluding hydrogens is 224 g/mol. The Labute approximate surface area is 97.7 Å². The van der Waals surface area contributed by atoms with Gasteiger partial charge in [-0.05, 0) is 18.8 Å². The summed E-state index contributed by atoms with van der Waals surface area (Å²) in [6, 6.07) is 3.06. The molecule has 1 heterocycles. The molecule has 0 amide bonds. The Kier molecular flexibility index (Phi) is 2.28. The van der Waals surface area contributed by atoms with Gasteiger partial charge in [-0.25, -0.2) is 0 Å². The van der Waals surface area contributed by atoms with Crippen molar-refractivity contribution in [3.63, 3.8) is 0 Å². The fourth-order valence-corrected chi connectivity index (χ4v) is 1.80. The third kappa shape index (κ3) is 1.98. The number of anilines is 1. The fourth-order valence-electron chi connectivity index (χ4n) is 1.80. The molecule has 0 atom stereocenters. The maximum absolute atomic E-state index is 11.0. The molecule has 90 valence electrons.